The van der Waals surface area contributed by atoms with Crippen LogP contribution in [0.25, 0.3) is 15.9 Å². The van der Waals surface area contributed by atoms with Crippen LogP contribution in [0.15, 0.2) is 46.4 Å². The van der Waals surface area contributed by atoms with Gasteiger partial charge in [0, 0.05) is 18.4 Å². The Balaban J connectivity index is 0.00000170. The van der Waals surface area contributed by atoms with E-state index in [9.17, 15) is 0 Å². The predicted molar refractivity (Wildman–Crippen MR) is 98.1 cm³/mol. The molecule has 1 aromatic heterocycles. The molecule has 7 nitrogen and oxygen atoms in total. The van der Waals surface area contributed by atoms with Crippen LogP contribution in [0.5, 0.6) is 0 Å². The van der Waals surface area contributed by atoms with E-state index in [1.807, 2.05) is 32.2 Å². The highest BCUT2D eigenvalue weighted by Crippen LogP contribution is 2.22. The Bertz CT molecular complexity index is 715. The molecule has 6 N–H and O–H groups in total. The van der Waals surface area contributed by atoms with Gasteiger partial charge in [-0.2, -0.15) is 6.57 Å². The van der Waals surface area contributed by atoms with Crippen molar-refractivity contribution >= 4 is 16.7 Å². The highest BCUT2D eigenvalue weighted by molar-refractivity contribution is 5.86. The van der Waals surface area contributed by atoms with Crippen LogP contribution in [0.3, 0.4) is 0 Å². The largest absolute Gasteiger partial charge is 0.460 e. The van der Waals surface area contributed by atoms with Crippen molar-refractivity contribution in [2.75, 3.05) is 13.6 Å². The lowest BCUT2D eigenvalue weighted by Crippen LogP contribution is -2.16. The second-order valence-corrected chi connectivity index (χ2v) is 5.18. The molecule has 0 spiro atoms. The average Bonchev–Trinajstić information content (AvgIpc) is 2.91. The summed E-state index contributed by atoms with van der Waals surface area (Å²) >= 11 is 0. The molecule has 0 bridgehead atoms. The van der Waals surface area contributed by atoms with Gasteiger partial charge in [-0.1, -0.05) is 12.1 Å². The van der Waals surface area contributed by atoms with E-state index in [2.05, 4.69) is 45.4 Å². The number of hydrogen-bond acceptors (Lipinski definition) is 5. The topological polar surface area (TPSA) is 117 Å². The fourth-order valence-electron chi connectivity index (χ4n) is 2.30. The Morgan fingerprint density at radius 3 is 2.75 bits per heavy atom. The van der Waals surface area contributed by atoms with Crippen molar-refractivity contribution in [2.45, 2.75) is 19.9 Å². The van der Waals surface area contributed by atoms with E-state index < -0.39 is 0 Å². The molecule has 0 fully saturated rings. The van der Waals surface area contributed by atoms with Crippen molar-refractivity contribution in [3.63, 3.8) is 0 Å². The number of furan rings is 1. The highest BCUT2D eigenvalue weighted by atomic mass is 16.3. The minimum absolute atomic E-state index is 0. The first-order valence-corrected chi connectivity index (χ1v) is 7.16. The van der Waals surface area contributed by atoms with Crippen LogP contribution in [0, 0.1) is 6.57 Å². The van der Waals surface area contributed by atoms with Crippen LogP contribution in [0.4, 0.5) is 0 Å². The van der Waals surface area contributed by atoms with E-state index in [1.165, 1.54) is 0 Å². The maximum atomic E-state index is 6.74. The van der Waals surface area contributed by atoms with Gasteiger partial charge in [0.15, 0.2) is 0 Å². The molecule has 0 saturated heterocycles. The smallest absolute Gasteiger partial charge is 0.134 e. The van der Waals surface area contributed by atoms with Gasteiger partial charge in [0.25, 0.3) is 0 Å². The number of rotatable bonds is 6. The van der Waals surface area contributed by atoms with Gasteiger partial charge in [-0.15, -0.1) is 11.5 Å². The van der Waals surface area contributed by atoms with E-state index in [4.69, 9.17) is 11.0 Å². The van der Waals surface area contributed by atoms with Gasteiger partial charge in [0.05, 0.1) is 11.6 Å². The van der Waals surface area contributed by atoms with Crippen LogP contribution in [-0.4, -0.2) is 29.7 Å². The molecule has 0 atom stereocenters. The zero-order valence-corrected chi connectivity index (χ0v) is 14.1. The first-order chi connectivity index (χ1) is 11.1. The molecule has 0 amide bonds. The summed E-state index contributed by atoms with van der Waals surface area (Å²) in [6, 6.07) is 8.16. The quantitative estimate of drug-likeness (QED) is 0.276. The Hall–Kier alpha value is -2.50. The zero-order chi connectivity index (χ0) is 17.2. The zero-order valence-electron chi connectivity index (χ0n) is 14.1. The Kier molecular flexibility index (Phi) is 9.94. The molecule has 0 aliphatic rings. The van der Waals surface area contributed by atoms with Gasteiger partial charge < -0.3 is 9.89 Å². The lowest BCUT2D eigenvalue weighted by Gasteiger charge is -2.11. The number of hydrogen-bond donors (Lipinski definition) is 2. The summed E-state index contributed by atoms with van der Waals surface area (Å²) in [4.78, 5) is 5.19. The second-order valence-electron chi connectivity index (χ2n) is 5.18. The van der Waals surface area contributed by atoms with Gasteiger partial charge in [-0.3, -0.25) is 16.6 Å². The van der Waals surface area contributed by atoms with Gasteiger partial charge in [-0.05, 0) is 37.7 Å². The number of fused-ring (bicyclic) bond motifs is 1. The molecular weight excluding hydrogens is 306 g/mol. The van der Waals surface area contributed by atoms with E-state index in [1.54, 1.807) is 0 Å². The van der Waals surface area contributed by atoms with Crippen LogP contribution in [0.2, 0.25) is 0 Å². The number of nitrogens with zero attached hydrogens (tertiary/aromatic N) is 3. The molecule has 0 aliphatic heterocycles. The third-order valence-corrected chi connectivity index (χ3v) is 3.18. The summed E-state index contributed by atoms with van der Waals surface area (Å²) in [6.45, 7) is 13.9. The van der Waals surface area contributed by atoms with Crippen molar-refractivity contribution < 1.29 is 9.89 Å². The molecule has 7 heteroatoms. The van der Waals surface area contributed by atoms with Crippen LogP contribution in [-0.2, 0) is 13.0 Å². The Morgan fingerprint density at radius 1 is 1.42 bits per heavy atom. The van der Waals surface area contributed by atoms with Crippen molar-refractivity contribution in [2.24, 2.45) is 16.8 Å². The normalized spacial score (nSPS) is 10.6. The van der Waals surface area contributed by atoms with Crippen molar-refractivity contribution in [1.82, 2.24) is 4.90 Å². The maximum absolute atomic E-state index is 6.74. The molecule has 1 aromatic carbocycles. The monoisotopic (exact) mass is 331 g/mol. The third kappa shape index (κ3) is 6.32. The van der Waals surface area contributed by atoms with E-state index >= 15 is 0 Å². The van der Waals surface area contributed by atoms with Crippen LogP contribution in [0.1, 0.15) is 18.2 Å². The standard InChI is InChI=1S/C17H19N3O.H4N2.H2O/c1-5-8-20(4)12-16-11-15-10-14(6-7-17(15)21-16)9-13(2)19-18-3;1-2;/h5-7,10-11H,1,8-9,12H2,2,4H3;1-2H2;1H2/b19-13-;;. The molecular formula is C17H25N5O2. The molecule has 0 radical (unpaired) electrons. The van der Waals surface area contributed by atoms with Crippen molar-refractivity contribution in [3.05, 3.63) is 59.8 Å². The Morgan fingerprint density at radius 2 is 2.12 bits per heavy atom. The van der Waals surface area contributed by atoms with Gasteiger partial charge in [0.2, 0.25) is 0 Å². The average molecular weight is 331 g/mol. The number of benzene rings is 1. The minimum Gasteiger partial charge on any atom is -0.460 e. The molecule has 0 unspecified atom stereocenters. The summed E-state index contributed by atoms with van der Waals surface area (Å²) < 4.78 is 5.84. The summed E-state index contributed by atoms with van der Waals surface area (Å²) in [5, 5.41) is 4.82. The fourth-order valence-corrected chi connectivity index (χ4v) is 2.30. The van der Waals surface area contributed by atoms with Gasteiger partial charge in [-0.25, -0.2) is 0 Å². The molecule has 0 saturated carbocycles. The van der Waals surface area contributed by atoms with E-state index in [-0.39, 0.29) is 5.48 Å². The van der Waals surface area contributed by atoms with Crippen molar-refractivity contribution in [3.8, 4) is 0 Å². The third-order valence-electron chi connectivity index (χ3n) is 3.18. The summed E-state index contributed by atoms with van der Waals surface area (Å²) in [5.41, 5.74) is 2.85. The fraction of sp³-hybridized carbons (Fsp3) is 0.294. The number of hydrazine groups is 1. The highest BCUT2D eigenvalue weighted by Gasteiger charge is 2.07. The number of nitrogens with two attached hydrogens (primary N) is 2. The molecule has 2 rings (SSSR count). The SMILES string of the molecule is NN.O.[C-]#[N+]/N=C(/C)Cc1ccc2oc(CN(C)CC=C)cc2c1. The predicted octanol–water partition coefficient (Wildman–Crippen LogP) is 1.88. The van der Waals surface area contributed by atoms with Gasteiger partial charge in [0.1, 0.15) is 17.1 Å². The summed E-state index contributed by atoms with van der Waals surface area (Å²) in [7, 11) is 2.03. The lowest BCUT2D eigenvalue weighted by atomic mass is 10.1. The number of likely N-dealkylation sites (N-methyl/N-ethyl adjacent to an activating group) is 1. The second kappa shape index (κ2) is 11.1. The van der Waals surface area contributed by atoms with Crippen LogP contribution < -0.4 is 11.7 Å². The first kappa shape index (κ1) is 21.5. The van der Waals surface area contributed by atoms with Gasteiger partial charge >= 0.3 is 0 Å². The minimum atomic E-state index is 0. The molecule has 0 aliphatic carbocycles. The maximum Gasteiger partial charge on any atom is 0.134 e. The Labute approximate surface area is 142 Å². The lowest BCUT2D eigenvalue weighted by molar-refractivity contribution is 0.328. The van der Waals surface area contributed by atoms with Crippen molar-refractivity contribution in [1.29, 1.82) is 0 Å². The summed E-state index contributed by atoms with van der Waals surface area (Å²) in [6.07, 6.45) is 2.56. The molecule has 24 heavy (non-hydrogen) atoms. The summed E-state index contributed by atoms with van der Waals surface area (Å²) in [5.74, 6) is 8.94. The molecule has 130 valence electrons. The van der Waals surface area contributed by atoms with E-state index in [0.717, 1.165) is 41.1 Å². The molecule has 1 heterocycles. The molecule has 2 aromatic rings. The first-order valence-electron chi connectivity index (χ1n) is 7.16. The van der Waals surface area contributed by atoms with Crippen LogP contribution >= 0.6 is 0 Å². The van der Waals surface area contributed by atoms with E-state index in [0.29, 0.717) is 6.42 Å².